The predicted molar refractivity (Wildman–Crippen MR) is 84.8 cm³/mol. The van der Waals surface area contributed by atoms with E-state index in [9.17, 15) is 5.11 Å². The minimum absolute atomic E-state index is 0.314. The van der Waals surface area contributed by atoms with E-state index in [1.807, 2.05) is 12.1 Å². The maximum Gasteiger partial charge on any atom is 0.0914 e. The number of aliphatic hydroxyl groups excluding tert-OH is 1. The van der Waals surface area contributed by atoms with Crippen molar-refractivity contribution in [1.29, 1.82) is 0 Å². The summed E-state index contributed by atoms with van der Waals surface area (Å²) in [4.78, 5) is 0. The van der Waals surface area contributed by atoms with Gasteiger partial charge in [0, 0.05) is 12.6 Å². The Morgan fingerprint density at radius 3 is 1.85 bits per heavy atom. The number of hydrogen-bond donors (Lipinski definition) is 2. The van der Waals surface area contributed by atoms with Gasteiger partial charge in [-0.2, -0.15) is 0 Å². The number of nitrogens with one attached hydrogen (secondary N) is 1. The van der Waals surface area contributed by atoms with Crippen molar-refractivity contribution < 1.29 is 5.11 Å². The van der Waals surface area contributed by atoms with Gasteiger partial charge in [0.15, 0.2) is 0 Å². The first-order valence-corrected chi connectivity index (χ1v) is 7.69. The summed E-state index contributed by atoms with van der Waals surface area (Å²) in [6.45, 7) is 14.1. The molecule has 0 radical (unpaired) electrons. The lowest BCUT2D eigenvalue weighted by atomic mass is 10.00. The molecule has 20 heavy (non-hydrogen) atoms. The molecule has 1 saturated carbocycles. The molecule has 0 spiro atoms. The fourth-order valence-corrected chi connectivity index (χ4v) is 3.16. The molecule has 1 aromatic rings. The molecule has 1 aromatic carbocycles. The Hall–Kier alpha value is -0.860. The predicted octanol–water partition coefficient (Wildman–Crippen LogP) is 3.87. The van der Waals surface area contributed by atoms with Crippen LogP contribution in [-0.4, -0.2) is 17.7 Å². The van der Waals surface area contributed by atoms with Crippen molar-refractivity contribution in [3.8, 4) is 0 Å². The van der Waals surface area contributed by atoms with Gasteiger partial charge in [-0.25, -0.2) is 0 Å². The Kier molecular flexibility index (Phi) is 4.01. The third kappa shape index (κ3) is 2.64. The van der Waals surface area contributed by atoms with E-state index >= 15 is 0 Å². The Morgan fingerprint density at radius 2 is 1.45 bits per heavy atom. The summed E-state index contributed by atoms with van der Waals surface area (Å²) in [5, 5.41) is 13.8. The van der Waals surface area contributed by atoms with Gasteiger partial charge in [-0.3, -0.25) is 0 Å². The van der Waals surface area contributed by atoms with Crippen LogP contribution in [0.4, 0.5) is 0 Å². The van der Waals surface area contributed by atoms with Crippen molar-refractivity contribution in [3.63, 3.8) is 0 Å². The van der Waals surface area contributed by atoms with Crippen molar-refractivity contribution in [2.45, 2.75) is 59.6 Å². The summed E-state index contributed by atoms with van der Waals surface area (Å²) in [6, 6.07) is 8.82. The molecule has 112 valence electrons. The molecule has 1 aliphatic carbocycles. The van der Waals surface area contributed by atoms with Crippen molar-refractivity contribution in [2.24, 2.45) is 10.8 Å². The topological polar surface area (TPSA) is 32.3 Å². The molecule has 0 aliphatic heterocycles. The van der Waals surface area contributed by atoms with Crippen LogP contribution in [0.5, 0.6) is 0 Å². The molecular formula is C18H29NO. The minimum atomic E-state index is -0.427. The van der Waals surface area contributed by atoms with Gasteiger partial charge in [0.1, 0.15) is 0 Å². The molecule has 1 atom stereocenters. The molecule has 0 heterocycles. The van der Waals surface area contributed by atoms with E-state index in [2.05, 4.69) is 59.0 Å². The van der Waals surface area contributed by atoms with Crippen LogP contribution < -0.4 is 5.32 Å². The second-order valence-corrected chi connectivity index (χ2v) is 7.62. The monoisotopic (exact) mass is 275 g/mol. The average Bonchev–Trinajstić information content (AvgIpc) is 2.77. The van der Waals surface area contributed by atoms with Crippen LogP contribution in [0.15, 0.2) is 24.3 Å². The van der Waals surface area contributed by atoms with Gasteiger partial charge in [0.05, 0.1) is 6.10 Å². The van der Waals surface area contributed by atoms with Gasteiger partial charge in [0.25, 0.3) is 0 Å². The zero-order valence-electron chi connectivity index (χ0n) is 13.7. The Balaban J connectivity index is 1.91. The molecular weight excluding hydrogens is 246 g/mol. The number of benzene rings is 1. The molecule has 1 unspecified atom stereocenters. The number of rotatable bonds is 5. The lowest BCUT2D eigenvalue weighted by Crippen LogP contribution is -2.27. The minimum Gasteiger partial charge on any atom is -0.387 e. The highest BCUT2D eigenvalue weighted by Crippen LogP contribution is 2.62. The quantitative estimate of drug-likeness (QED) is 0.855. The fraction of sp³-hybridized carbons (Fsp3) is 0.667. The van der Waals surface area contributed by atoms with Crippen molar-refractivity contribution in [1.82, 2.24) is 5.32 Å². The summed E-state index contributed by atoms with van der Waals surface area (Å²) in [5.74, 6) is 0.535. The molecule has 1 fully saturated rings. The van der Waals surface area contributed by atoms with Gasteiger partial charge in [-0.1, -0.05) is 65.8 Å². The maximum absolute atomic E-state index is 10.3. The summed E-state index contributed by atoms with van der Waals surface area (Å²) in [7, 11) is 0. The highest BCUT2D eigenvalue weighted by Gasteiger charge is 2.64. The first-order valence-electron chi connectivity index (χ1n) is 7.69. The molecule has 2 N–H and O–H groups in total. The number of aliphatic hydroxyl groups is 1. The van der Waals surface area contributed by atoms with E-state index in [-0.39, 0.29) is 0 Å². The third-order valence-corrected chi connectivity index (χ3v) is 5.52. The normalized spacial score (nSPS) is 22.0. The zero-order valence-corrected chi connectivity index (χ0v) is 13.7. The zero-order chi connectivity index (χ0) is 15.1. The average molecular weight is 275 g/mol. The molecule has 0 aromatic heterocycles. The molecule has 2 rings (SSSR count). The van der Waals surface area contributed by atoms with E-state index in [0.29, 0.717) is 29.3 Å². The van der Waals surface area contributed by atoms with Crippen molar-refractivity contribution in [2.75, 3.05) is 6.54 Å². The Labute approximate surface area is 123 Å². The summed E-state index contributed by atoms with van der Waals surface area (Å²) in [5.41, 5.74) is 2.94. The molecule has 2 nitrogen and oxygen atoms in total. The lowest BCUT2D eigenvalue weighted by Gasteiger charge is -2.14. The number of hydrogen-bond acceptors (Lipinski definition) is 2. The van der Waals surface area contributed by atoms with E-state index < -0.39 is 6.10 Å². The molecule has 2 heteroatoms. The Morgan fingerprint density at radius 1 is 1.00 bits per heavy atom. The van der Waals surface area contributed by atoms with Crippen LogP contribution in [0.3, 0.4) is 0 Å². The van der Waals surface area contributed by atoms with E-state index in [1.54, 1.807) is 0 Å². The summed E-state index contributed by atoms with van der Waals surface area (Å²) in [6.07, 6.45) is -0.427. The van der Waals surface area contributed by atoms with Gasteiger partial charge in [0.2, 0.25) is 0 Å². The third-order valence-electron chi connectivity index (χ3n) is 5.52. The summed E-state index contributed by atoms with van der Waals surface area (Å²) >= 11 is 0. The highest BCUT2D eigenvalue weighted by molar-refractivity contribution is 5.26. The van der Waals surface area contributed by atoms with Gasteiger partial charge >= 0.3 is 0 Å². The molecule has 0 bridgehead atoms. The van der Waals surface area contributed by atoms with Crippen LogP contribution in [0.1, 0.15) is 64.7 Å². The van der Waals surface area contributed by atoms with E-state index in [4.69, 9.17) is 0 Å². The van der Waals surface area contributed by atoms with Crippen molar-refractivity contribution >= 4 is 0 Å². The molecule has 0 saturated heterocycles. The van der Waals surface area contributed by atoms with Crippen LogP contribution >= 0.6 is 0 Å². The van der Waals surface area contributed by atoms with E-state index in [0.717, 1.165) is 5.56 Å². The highest BCUT2D eigenvalue weighted by atomic mass is 16.3. The first-order chi connectivity index (χ1) is 9.18. The van der Waals surface area contributed by atoms with E-state index in [1.165, 1.54) is 5.56 Å². The molecule has 1 aliphatic rings. The van der Waals surface area contributed by atoms with Crippen LogP contribution in [0, 0.1) is 10.8 Å². The van der Waals surface area contributed by atoms with Gasteiger partial charge in [-0.15, -0.1) is 0 Å². The van der Waals surface area contributed by atoms with Crippen LogP contribution in [-0.2, 0) is 0 Å². The Bertz CT molecular complexity index is 445. The fourth-order valence-electron chi connectivity index (χ4n) is 3.16. The van der Waals surface area contributed by atoms with Gasteiger partial charge < -0.3 is 10.4 Å². The largest absolute Gasteiger partial charge is 0.387 e. The lowest BCUT2D eigenvalue weighted by molar-refractivity contribution is 0.172. The SMILES string of the molecule is CC(C)c1ccc(C(O)CNC2C(C)(C)C2(C)C)cc1. The van der Waals surface area contributed by atoms with Crippen LogP contribution in [0.25, 0.3) is 0 Å². The van der Waals surface area contributed by atoms with Crippen molar-refractivity contribution in [3.05, 3.63) is 35.4 Å². The smallest absolute Gasteiger partial charge is 0.0914 e. The summed E-state index contributed by atoms with van der Waals surface area (Å²) < 4.78 is 0. The maximum atomic E-state index is 10.3. The second-order valence-electron chi connectivity index (χ2n) is 7.62. The standard InChI is InChI=1S/C18H29NO/c1-12(2)13-7-9-14(10-8-13)15(20)11-19-16-17(3,4)18(16,5)6/h7-10,12,15-16,19-20H,11H2,1-6H3. The first kappa shape index (κ1) is 15.5. The molecule has 0 amide bonds. The van der Waals surface area contributed by atoms with Crippen LogP contribution in [0.2, 0.25) is 0 Å². The second kappa shape index (κ2) is 5.16. The van der Waals surface area contributed by atoms with Gasteiger partial charge in [-0.05, 0) is 27.9 Å².